The lowest BCUT2D eigenvalue weighted by Gasteiger charge is -2.10. The molecule has 4 nitrogen and oxygen atoms in total. The Bertz CT molecular complexity index is 618. The van der Waals surface area contributed by atoms with Gasteiger partial charge in [-0.25, -0.2) is 15.8 Å². The highest BCUT2D eigenvalue weighted by Gasteiger charge is 2.23. The zero-order valence-corrected chi connectivity index (χ0v) is 11.9. The van der Waals surface area contributed by atoms with Crippen molar-refractivity contribution < 1.29 is 0 Å². The number of anilines is 1. The molecule has 4 heteroatoms. The smallest absolute Gasteiger partial charge is 0.161 e. The van der Waals surface area contributed by atoms with Crippen molar-refractivity contribution in [2.24, 2.45) is 5.84 Å². The van der Waals surface area contributed by atoms with Crippen molar-refractivity contribution in [1.82, 2.24) is 9.97 Å². The molecule has 3 N–H and O–H groups in total. The average molecular weight is 268 g/mol. The van der Waals surface area contributed by atoms with Gasteiger partial charge in [0.25, 0.3) is 0 Å². The molecule has 1 fully saturated rings. The first-order chi connectivity index (χ1) is 9.67. The van der Waals surface area contributed by atoms with Gasteiger partial charge in [0.05, 0.1) is 0 Å². The van der Waals surface area contributed by atoms with Gasteiger partial charge < -0.3 is 5.43 Å². The maximum Gasteiger partial charge on any atom is 0.161 e. The molecule has 0 unspecified atom stereocenters. The van der Waals surface area contributed by atoms with Crippen LogP contribution in [0.1, 0.15) is 49.8 Å². The van der Waals surface area contributed by atoms with E-state index in [9.17, 15) is 0 Å². The minimum Gasteiger partial charge on any atom is -0.308 e. The molecular weight excluding hydrogens is 248 g/mol. The summed E-state index contributed by atoms with van der Waals surface area (Å²) in [4.78, 5) is 9.14. The largest absolute Gasteiger partial charge is 0.308 e. The van der Waals surface area contributed by atoms with E-state index in [0.29, 0.717) is 11.7 Å². The lowest BCUT2D eigenvalue weighted by molar-refractivity contribution is 0.817. The second kappa shape index (κ2) is 5.21. The molecule has 0 saturated heterocycles. The molecule has 0 bridgehead atoms. The lowest BCUT2D eigenvalue weighted by atomic mass is 10.1. The van der Waals surface area contributed by atoms with Crippen LogP contribution in [-0.2, 0) is 0 Å². The first-order valence-electron chi connectivity index (χ1n) is 7.13. The van der Waals surface area contributed by atoms with Gasteiger partial charge in [0, 0.05) is 17.3 Å². The molecule has 20 heavy (non-hydrogen) atoms. The van der Waals surface area contributed by atoms with E-state index in [0.717, 1.165) is 23.0 Å². The summed E-state index contributed by atoms with van der Waals surface area (Å²) in [5, 5.41) is 0. The predicted molar refractivity (Wildman–Crippen MR) is 81.3 cm³/mol. The molecule has 1 heterocycles. The molecular formula is C16H20N4. The Hall–Kier alpha value is -1.94. The van der Waals surface area contributed by atoms with E-state index in [1.165, 1.54) is 18.4 Å². The first-order valence-corrected chi connectivity index (χ1v) is 7.13. The third-order valence-corrected chi connectivity index (χ3v) is 3.68. The van der Waals surface area contributed by atoms with E-state index in [-0.39, 0.29) is 0 Å². The van der Waals surface area contributed by atoms with Crippen molar-refractivity contribution in [2.75, 3.05) is 5.43 Å². The predicted octanol–water partition coefficient (Wildman–Crippen LogP) is 3.43. The summed E-state index contributed by atoms with van der Waals surface area (Å²) >= 11 is 0. The number of nitrogens with zero attached hydrogens (tertiary/aromatic N) is 2. The Balaban J connectivity index is 2.03. The van der Waals surface area contributed by atoms with Crippen molar-refractivity contribution in [3.05, 3.63) is 41.6 Å². The van der Waals surface area contributed by atoms with E-state index in [1.54, 1.807) is 0 Å². The van der Waals surface area contributed by atoms with Crippen LogP contribution in [0.4, 0.5) is 5.82 Å². The summed E-state index contributed by atoms with van der Waals surface area (Å²) < 4.78 is 0. The van der Waals surface area contributed by atoms with Crippen molar-refractivity contribution in [3.63, 3.8) is 0 Å². The first kappa shape index (κ1) is 13.1. The SMILES string of the molecule is CC(C)c1cc(NN)nc(-c2cccc(C3CC3)c2)n1. The van der Waals surface area contributed by atoms with Gasteiger partial charge >= 0.3 is 0 Å². The topological polar surface area (TPSA) is 63.8 Å². The van der Waals surface area contributed by atoms with Crippen LogP contribution in [0.3, 0.4) is 0 Å². The molecule has 1 aliphatic carbocycles. The standard InChI is InChI=1S/C16H20N4/c1-10(2)14-9-15(20-17)19-16(18-14)13-5-3-4-12(8-13)11-6-7-11/h3-5,8-11H,6-7,17H2,1-2H3,(H,18,19,20). The van der Waals surface area contributed by atoms with Crippen LogP contribution in [0.15, 0.2) is 30.3 Å². The van der Waals surface area contributed by atoms with Crippen LogP contribution in [0.5, 0.6) is 0 Å². The molecule has 0 aliphatic heterocycles. The third-order valence-electron chi connectivity index (χ3n) is 3.68. The Morgan fingerprint density at radius 2 is 2.00 bits per heavy atom. The van der Waals surface area contributed by atoms with Crippen LogP contribution in [0.2, 0.25) is 0 Å². The minimum atomic E-state index is 0.343. The van der Waals surface area contributed by atoms with Gasteiger partial charge in [-0.05, 0) is 36.3 Å². The molecule has 1 aromatic carbocycles. The molecule has 3 rings (SSSR count). The maximum atomic E-state index is 5.51. The number of hydrogen-bond donors (Lipinski definition) is 2. The van der Waals surface area contributed by atoms with Gasteiger partial charge in [-0.2, -0.15) is 0 Å². The Morgan fingerprint density at radius 3 is 2.65 bits per heavy atom. The van der Waals surface area contributed by atoms with Gasteiger partial charge in [0.15, 0.2) is 5.82 Å². The number of nitrogens with two attached hydrogens (primary N) is 1. The van der Waals surface area contributed by atoms with Gasteiger partial charge in [0.2, 0.25) is 0 Å². The molecule has 1 aliphatic rings. The Morgan fingerprint density at radius 1 is 1.20 bits per heavy atom. The number of rotatable bonds is 4. The van der Waals surface area contributed by atoms with E-state index in [2.05, 4.69) is 53.5 Å². The number of nitrogen functional groups attached to an aromatic ring is 1. The van der Waals surface area contributed by atoms with Crippen LogP contribution in [-0.4, -0.2) is 9.97 Å². The number of benzene rings is 1. The molecule has 2 aromatic rings. The van der Waals surface area contributed by atoms with E-state index >= 15 is 0 Å². The second-order valence-electron chi connectivity index (χ2n) is 5.70. The summed E-state index contributed by atoms with van der Waals surface area (Å²) in [6.07, 6.45) is 2.60. The molecule has 0 amide bonds. The van der Waals surface area contributed by atoms with Crippen molar-refractivity contribution >= 4 is 5.82 Å². The number of hydrogen-bond acceptors (Lipinski definition) is 4. The molecule has 0 radical (unpaired) electrons. The van der Waals surface area contributed by atoms with Gasteiger partial charge in [-0.1, -0.05) is 32.0 Å². The summed E-state index contributed by atoms with van der Waals surface area (Å²) in [6.45, 7) is 4.24. The molecule has 0 spiro atoms. The highest BCUT2D eigenvalue weighted by Crippen LogP contribution is 2.40. The minimum absolute atomic E-state index is 0.343. The van der Waals surface area contributed by atoms with Crippen LogP contribution in [0, 0.1) is 0 Å². The monoisotopic (exact) mass is 268 g/mol. The zero-order valence-electron chi connectivity index (χ0n) is 11.9. The van der Waals surface area contributed by atoms with Crippen molar-refractivity contribution in [1.29, 1.82) is 0 Å². The summed E-state index contributed by atoms with van der Waals surface area (Å²) in [6, 6.07) is 10.4. The van der Waals surface area contributed by atoms with Gasteiger partial charge in [-0.15, -0.1) is 0 Å². The quantitative estimate of drug-likeness (QED) is 0.658. The molecule has 1 aromatic heterocycles. The fourth-order valence-corrected chi connectivity index (χ4v) is 2.31. The summed E-state index contributed by atoms with van der Waals surface area (Å²) in [7, 11) is 0. The fourth-order valence-electron chi connectivity index (χ4n) is 2.31. The zero-order chi connectivity index (χ0) is 14.1. The lowest BCUT2D eigenvalue weighted by Crippen LogP contribution is -2.11. The van der Waals surface area contributed by atoms with Crippen LogP contribution in [0.25, 0.3) is 11.4 Å². The summed E-state index contributed by atoms with van der Waals surface area (Å²) in [5.41, 5.74) is 6.09. The van der Waals surface area contributed by atoms with Crippen molar-refractivity contribution in [2.45, 2.75) is 38.5 Å². The van der Waals surface area contributed by atoms with Gasteiger partial charge in [0.1, 0.15) is 5.82 Å². The van der Waals surface area contributed by atoms with Gasteiger partial charge in [-0.3, -0.25) is 0 Å². The van der Waals surface area contributed by atoms with Crippen LogP contribution < -0.4 is 11.3 Å². The van der Waals surface area contributed by atoms with E-state index in [1.807, 2.05) is 6.07 Å². The molecule has 0 atom stereocenters. The normalized spacial score (nSPS) is 14.6. The van der Waals surface area contributed by atoms with Crippen LogP contribution >= 0.6 is 0 Å². The summed E-state index contributed by atoms with van der Waals surface area (Å²) in [5.74, 6) is 7.99. The Labute approximate surface area is 119 Å². The molecule has 104 valence electrons. The van der Waals surface area contributed by atoms with E-state index < -0.39 is 0 Å². The Kier molecular flexibility index (Phi) is 3.40. The number of hydrazine groups is 1. The maximum absolute atomic E-state index is 5.51. The highest BCUT2D eigenvalue weighted by atomic mass is 15.3. The second-order valence-corrected chi connectivity index (χ2v) is 5.70. The number of nitrogens with one attached hydrogen (secondary N) is 1. The highest BCUT2D eigenvalue weighted by molar-refractivity contribution is 5.59. The van der Waals surface area contributed by atoms with E-state index in [4.69, 9.17) is 5.84 Å². The fraction of sp³-hybridized carbons (Fsp3) is 0.375. The van der Waals surface area contributed by atoms with Crippen molar-refractivity contribution in [3.8, 4) is 11.4 Å². The third kappa shape index (κ3) is 2.65. The molecule has 1 saturated carbocycles. The number of aromatic nitrogens is 2. The average Bonchev–Trinajstić information content (AvgIpc) is 3.31.